The third kappa shape index (κ3) is 4.20. The van der Waals surface area contributed by atoms with Gasteiger partial charge in [-0.15, -0.1) is 0 Å². The molecule has 2 rings (SSSR count). The Labute approximate surface area is 122 Å². The lowest BCUT2D eigenvalue weighted by atomic mass is 9.97. The molecule has 3 atom stereocenters. The van der Waals surface area contributed by atoms with Crippen LogP contribution in [-0.2, 0) is 6.42 Å². The second-order valence-electron chi connectivity index (χ2n) is 5.91. The summed E-state index contributed by atoms with van der Waals surface area (Å²) in [5, 5.41) is 4.64. The van der Waals surface area contributed by atoms with Crippen LogP contribution in [0.4, 0.5) is 0 Å². The fraction of sp³-hybridized carbons (Fsp3) is 0.625. The van der Waals surface area contributed by atoms with Gasteiger partial charge in [-0.05, 0) is 58.3 Å². The first-order valence-corrected chi connectivity index (χ1v) is 7.63. The number of hydrogen-bond acceptors (Lipinski definition) is 2. The highest BCUT2D eigenvalue weighted by atomic mass is 35.5. The lowest BCUT2D eigenvalue weighted by Crippen LogP contribution is -2.48. The van der Waals surface area contributed by atoms with E-state index in [0.717, 1.165) is 11.4 Å². The smallest absolute Gasteiger partial charge is 0.0438 e. The van der Waals surface area contributed by atoms with E-state index < -0.39 is 0 Å². The van der Waals surface area contributed by atoms with Crippen molar-refractivity contribution in [2.75, 3.05) is 13.6 Å². The van der Waals surface area contributed by atoms with Gasteiger partial charge in [0.2, 0.25) is 0 Å². The Morgan fingerprint density at radius 3 is 2.84 bits per heavy atom. The Morgan fingerprint density at radius 2 is 2.16 bits per heavy atom. The molecule has 1 fully saturated rings. The molecule has 0 spiro atoms. The molecule has 0 saturated carbocycles. The molecule has 1 N–H and O–H groups in total. The summed E-state index contributed by atoms with van der Waals surface area (Å²) in [6.07, 6.45) is 3.48. The molecule has 1 aliphatic rings. The number of piperidine rings is 1. The first-order valence-electron chi connectivity index (χ1n) is 7.26. The number of rotatable bonds is 4. The molecule has 1 saturated heterocycles. The van der Waals surface area contributed by atoms with E-state index in [2.05, 4.69) is 43.2 Å². The monoisotopic (exact) mass is 280 g/mol. The lowest BCUT2D eigenvalue weighted by Gasteiger charge is -2.36. The number of nitrogens with one attached hydrogen (secondary N) is 1. The molecule has 0 amide bonds. The normalized spacial score (nSPS) is 26.3. The number of hydrogen-bond donors (Lipinski definition) is 1. The molecule has 3 heteroatoms. The van der Waals surface area contributed by atoms with Crippen LogP contribution in [0, 0.1) is 0 Å². The zero-order valence-electron chi connectivity index (χ0n) is 12.2. The highest BCUT2D eigenvalue weighted by molar-refractivity contribution is 6.31. The first-order chi connectivity index (χ1) is 9.06. The van der Waals surface area contributed by atoms with Crippen molar-refractivity contribution in [1.82, 2.24) is 10.2 Å². The summed E-state index contributed by atoms with van der Waals surface area (Å²) in [6.45, 7) is 5.76. The van der Waals surface area contributed by atoms with Crippen LogP contribution >= 0.6 is 11.6 Å². The van der Waals surface area contributed by atoms with Crippen LogP contribution in [-0.4, -0.2) is 36.6 Å². The van der Waals surface area contributed by atoms with Gasteiger partial charge in [-0.1, -0.05) is 29.8 Å². The Kier molecular flexibility index (Phi) is 5.26. The highest BCUT2D eigenvalue weighted by Gasteiger charge is 2.23. The van der Waals surface area contributed by atoms with Crippen LogP contribution < -0.4 is 5.32 Å². The minimum atomic E-state index is 0.473. The third-order valence-electron chi connectivity index (χ3n) is 4.21. The molecule has 2 nitrogen and oxygen atoms in total. The van der Waals surface area contributed by atoms with Gasteiger partial charge in [0.1, 0.15) is 0 Å². The predicted molar refractivity (Wildman–Crippen MR) is 82.9 cm³/mol. The van der Waals surface area contributed by atoms with Crippen LogP contribution in [0.3, 0.4) is 0 Å². The fourth-order valence-corrected chi connectivity index (χ4v) is 3.11. The summed E-state index contributed by atoms with van der Waals surface area (Å²) in [5.74, 6) is 0. The van der Waals surface area contributed by atoms with Gasteiger partial charge in [0.05, 0.1) is 0 Å². The van der Waals surface area contributed by atoms with Crippen molar-refractivity contribution in [3.63, 3.8) is 0 Å². The van der Waals surface area contributed by atoms with E-state index in [-0.39, 0.29) is 0 Å². The van der Waals surface area contributed by atoms with Crippen LogP contribution in [0.15, 0.2) is 24.3 Å². The molecule has 19 heavy (non-hydrogen) atoms. The van der Waals surface area contributed by atoms with Crippen LogP contribution in [0.1, 0.15) is 32.3 Å². The zero-order chi connectivity index (χ0) is 13.8. The quantitative estimate of drug-likeness (QED) is 0.910. The molecular weight excluding hydrogens is 256 g/mol. The topological polar surface area (TPSA) is 15.3 Å². The SMILES string of the molecule is CC(Cc1ccccc1Cl)NC1CCN(C)C(C)C1. The molecule has 0 aromatic heterocycles. The summed E-state index contributed by atoms with van der Waals surface area (Å²) in [5.41, 5.74) is 1.24. The third-order valence-corrected chi connectivity index (χ3v) is 4.58. The van der Waals surface area contributed by atoms with Gasteiger partial charge in [0.15, 0.2) is 0 Å². The standard InChI is InChI=1S/C16H25ClN2/c1-12(10-14-6-4-5-7-16(14)17)18-15-8-9-19(3)13(2)11-15/h4-7,12-13,15,18H,8-11H2,1-3H3. The summed E-state index contributed by atoms with van der Waals surface area (Å²) in [6, 6.07) is 9.94. The molecular formula is C16H25ClN2. The van der Waals surface area contributed by atoms with Gasteiger partial charge < -0.3 is 10.2 Å². The van der Waals surface area contributed by atoms with E-state index in [0.29, 0.717) is 18.1 Å². The van der Waals surface area contributed by atoms with Gasteiger partial charge >= 0.3 is 0 Å². The molecule has 106 valence electrons. The molecule has 3 unspecified atom stereocenters. The van der Waals surface area contributed by atoms with Crippen molar-refractivity contribution >= 4 is 11.6 Å². The summed E-state index contributed by atoms with van der Waals surface area (Å²) < 4.78 is 0. The average Bonchev–Trinajstić information content (AvgIpc) is 2.37. The number of halogens is 1. The average molecular weight is 281 g/mol. The van der Waals surface area contributed by atoms with Crippen molar-refractivity contribution in [2.45, 2.75) is 51.2 Å². The van der Waals surface area contributed by atoms with E-state index >= 15 is 0 Å². The van der Waals surface area contributed by atoms with Crippen LogP contribution in [0.25, 0.3) is 0 Å². The first kappa shape index (κ1) is 14.8. The van der Waals surface area contributed by atoms with Crippen LogP contribution in [0.5, 0.6) is 0 Å². The summed E-state index contributed by atoms with van der Waals surface area (Å²) >= 11 is 6.22. The highest BCUT2D eigenvalue weighted by Crippen LogP contribution is 2.19. The number of nitrogens with zero attached hydrogens (tertiary/aromatic N) is 1. The summed E-state index contributed by atoms with van der Waals surface area (Å²) in [4.78, 5) is 2.44. The Morgan fingerprint density at radius 1 is 1.42 bits per heavy atom. The van der Waals surface area contributed by atoms with Gasteiger partial charge in [0.25, 0.3) is 0 Å². The van der Waals surface area contributed by atoms with Crippen molar-refractivity contribution in [3.8, 4) is 0 Å². The predicted octanol–water partition coefficient (Wildman–Crippen LogP) is 3.34. The summed E-state index contributed by atoms with van der Waals surface area (Å²) in [7, 11) is 2.22. The maximum Gasteiger partial charge on any atom is 0.0438 e. The van der Waals surface area contributed by atoms with E-state index in [4.69, 9.17) is 11.6 Å². The molecule has 1 aromatic rings. The van der Waals surface area contributed by atoms with E-state index in [9.17, 15) is 0 Å². The molecule has 1 aromatic carbocycles. The second kappa shape index (κ2) is 6.74. The molecule has 1 aliphatic heterocycles. The molecule has 0 bridgehead atoms. The van der Waals surface area contributed by atoms with E-state index in [1.54, 1.807) is 0 Å². The van der Waals surface area contributed by atoms with Crippen molar-refractivity contribution in [3.05, 3.63) is 34.9 Å². The van der Waals surface area contributed by atoms with E-state index in [1.807, 2.05) is 12.1 Å². The van der Waals surface area contributed by atoms with Crippen LogP contribution in [0.2, 0.25) is 5.02 Å². The molecule has 0 radical (unpaired) electrons. The van der Waals surface area contributed by atoms with Gasteiger partial charge in [0, 0.05) is 23.1 Å². The fourth-order valence-electron chi connectivity index (χ4n) is 2.90. The van der Waals surface area contributed by atoms with Gasteiger partial charge in [-0.3, -0.25) is 0 Å². The van der Waals surface area contributed by atoms with Crippen molar-refractivity contribution in [2.24, 2.45) is 0 Å². The Bertz CT molecular complexity index is 407. The van der Waals surface area contributed by atoms with E-state index in [1.165, 1.54) is 24.9 Å². The second-order valence-corrected chi connectivity index (χ2v) is 6.32. The minimum Gasteiger partial charge on any atom is -0.311 e. The van der Waals surface area contributed by atoms with Gasteiger partial charge in [-0.25, -0.2) is 0 Å². The lowest BCUT2D eigenvalue weighted by molar-refractivity contribution is 0.163. The Balaban J connectivity index is 1.85. The van der Waals surface area contributed by atoms with Crippen molar-refractivity contribution in [1.29, 1.82) is 0 Å². The minimum absolute atomic E-state index is 0.473. The molecule has 1 heterocycles. The molecule has 0 aliphatic carbocycles. The number of likely N-dealkylation sites (tertiary alicyclic amines) is 1. The number of benzene rings is 1. The van der Waals surface area contributed by atoms with Crippen molar-refractivity contribution < 1.29 is 0 Å². The Hall–Kier alpha value is -0.570. The maximum absolute atomic E-state index is 6.22. The largest absolute Gasteiger partial charge is 0.311 e. The zero-order valence-corrected chi connectivity index (χ0v) is 13.0. The van der Waals surface area contributed by atoms with Gasteiger partial charge in [-0.2, -0.15) is 0 Å². The maximum atomic E-state index is 6.22.